The summed E-state index contributed by atoms with van der Waals surface area (Å²) in [4.78, 5) is 9.35. The fourth-order valence-corrected chi connectivity index (χ4v) is 4.90. The van der Waals surface area contributed by atoms with Gasteiger partial charge in [-0.3, -0.25) is 0 Å². The molecule has 1 aliphatic rings. The highest BCUT2D eigenvalue weighted by Crippen LogP contribution is 2.34. The quantitative estimate of drug-likeness (QED) is 0.332. The lowest BCUT2D eigenvalue weighted by Gasteiger charge is -2.28. The average molecular weight is 407 g/mol. The third kappa shape index (κ3) is 7.52. The van der Waals surface area contributed by atoms with E-state index in [0.29, 0.717) is 0 Å². The molecule has 2 heteroatoms. The molecule has 164 valence electrons. The fraction of sp³-hybridized carbons (Fsp3) is 0.643. The SMILES string of the molecule is CCCCCc1ccc(-c2cnc(CCC3CCC(CCCCC)CC3)nc2)cc1. The second-order valence-electron chi connectivity index (χ2n) is 9.46. The molecule has 2 aromatic rings. The van der Waals surface area contributed by atoms with Gasteiger partial charge in [0.25, 0.3) is 0 Å². The normalized spacial score (nSPS) is 19.1. The van der Waals surface area contributed by atoms with Crippen LogP contribution in [0.4, 0.5) is 0 Å². The number of aromatic nitrogens is 2. The van der Waals surface area contributed by atoms with Crippen molar-refractivity contribution in [1.82, 2.24) is 9.97 Å². The van der Waals surface area contributed by atoms with Crippen LogP contribution < -0.4 is 0 Å². The first-order valence-corrected chi connectivity index (χ1v) is 12.7. The Morgan fingerprint density at radius 2 is 1.27 bits per heavy atom. The minimum Gasteiger partial charge on any atom is -0.241 e. The van der Waals surface area contributed by atoms with E-state index in [1.807, 2.05) is 12.4 Å². The smallest absolute Gasteiger partial charge is 0.128 e. The largest absolute Gasteiger partial charge is 0.241 e. The molecule has 1 heterocycles. The third-order valence-corrected chi connectivity index (χ3v) is 7.02. The Labute approximate surface area is 184 Å². The molecule has 0 radical (unpaired) electrons. The van der Waals surface area contributed by atoms with Crippen LogP contribution in [-0.2, 0) is 12.8 Å². The van der Waals surface area contributed by atoms with Gasteiger partial charge in [-0.25, -0.2) is 9.97 Å². The van der Waals surface area contributed by atoms with Crippen molar-refractivity contribution >= 4 is 0 Å². The molecule has 0 atom stereocenters. The summed E-state index contributed by atoms with van der Waals surface area (Å²) in [5, 5.41) is 0. The second kappa shape index (κ2) is 12.9. The number of rotatable bonds is 12. The lowest BCUT2D eigenvalue weighted by atomic mass is 9.78. The molecule has 0 saturated heterocycles. The van der Waals surface area contributed by atoms with Crippen LogP contribution in [0, 0.1) is 11.8 Å². The van der Waals surface area contributed by atoms with Crippen molar-refractivity contribution in [3.8, 4) is 11.1 Å². The van der Waals surface area contributed by atoms with E-state index in [0.717, 1.165) is 29.6 Å². The van der Waals surface area contributed by atoms with Crippen molar-refractivity contribution in [2.45, 2.75) is 104 Å². The second-order valence-corrected chi connectivity index (χ2v) is 9.46. The van der Waals surface area contributed by atoms with Crippen LogP contribution in [0.25, 0.3) is 11.1 Å². The molecular formula is C28H42N2. The molecule has 1 aromatic carbocycles. The molecule has 1 aromatic heterocycles. The Morgan fingerprint density at radius 1 is 0.667 bits per heavy atom. The summed E-state index contributed by atoms with van der Waals surface area (Å²) < 4.78 is 0. The molecule has 0 amide bonds. The van der Waals surface area contributed by atoms with Gasteiger partial charge in [-0.15, -0.1) is 0 Å². The van der Waals surface area contributed by atoms with Gasteiger partial charge in [0, 0.05) is 24.4 Å². The Morgan fingerprint density at radius 3 is 1.90 bits per heavy atom. The molecule has 30 heavy (non-hydrogen) atoms. The van der Waals surface area contributed by atoms with Gasteiger partial charge in [-0.1, -0.05) is 102 Å². The lowest BCUT2D eigenvalue weighted by molar-refractivity contribution is 0.248. The summed E-state index contributed by atoms with van der Waals surface area (Å²) in [6, 6.07) is 8.96. The number of benzene rings is 1. The number of hydrogen-bond acceptors (Lipinski definition) is 2. The molecule has 2 nitrogen and oxygen atoms in total. The molecule has 0 N–H and O–H groups in total. The van der Waals surface area contributed by atoms with Crippen molar-refractivity contribution in [2.24, 2.45) is 11.8 Å². The van der Waals surface area contributed by atoms with Crippen LogP contribution in [0.5, 0.6) is 0 Å². The number of hydrogen-bond donors (Lipinski definition) is 0. The van der Waals surface area contributed by atoms with Gasteiger partial charge in [-0.2, -0.15) is 0 Å². The van der Waals surface area contributed by atoms with Crippen molar-refractivity contribution in [3.05, 3.63) is 48.0 Å². The number of unbranched alkanes of at least 4 members (excludes halogenated alkanes) is 4. The predicted molar refractivity (Wildman–Crippen MR) is 129 cm³/mol. The molecule has 0 bridgehead atoms. The zero-order valence-corrected chi connectivity index (χ0v) is 19.4. The van der Waals surface area contributed by atoms with Gasteiger partial charge in [0.15, 0.2) is 0 Å². The maximum atomic E-state index is 4.68. The van der Waals surface area contributed by atoms with Crippen LogP contribution in [-0.4, -0.2) is 9.97 Å². The average Bonchev–Trinajstić information content (AvgIpc) is 2.80. The summed E-state index contributed by atoms with van der Waals surface area (Å²) in [6.07, 6.45) is 22.8. The van der Waals surface area contributed by atoms with Crippen molar-refractivity contribution in [1.29, 1.82) is 0 Å². The van der Waals surface area contributed by atoms with E-state index in [-0.39, 0.29) is 0 Å². The van der Waals surface area contributed by atoms with Crippen LogP contribution in [0.3, 0.4) is 0 Å². The molecular weight excluding hydrogens is 364 g/mol. The van der Waals surface area contributed by atoms with Crippen molar-refractivity contribution in [2.75, 3.05) is 0 Å². The fourth-order valence-electron chi connectivity index (χ4n) is 4.90. The number of aryl methyl sites for hydroxylation is 2. The highest BCUT2D eigenvalue weighted by atomic mass is 14.9. The summed E-state index contributed by atoms with van der Waals surface area (Å²) in [5.74, 6) is 2.90. The molecule has 1 fully saturated rings. The van der Waals surface area contributed by atoms with E-state index in [4.69, 9.17) is 0 Å². The summed E-state index contributed by atoms with van der Waals surface area (Å²) in [7, 11) is 0. The van der Waals surface area contributed by atoms with E-state index in [1.54, 1.807) is 0 Å². The summed E-state index contributed by atoms with van der Waals surface area (Å²) >= 11 is 0. The standard InChI is InChI=1S/C28H42N2/c1-3-5-7-9-23-11-13-25(14-12-23)17-20-28-29-21-27(22-30-28)26-18-15-24(16-19-26)10-8-6-4-2/h15-16,18-19,21-23,25H,3-14,17,20H2,1-2H3. The van der Waals surface area contributed by atoms with Crippen molar-refractivity contribution < 1.29 is 0 Å². The first-order valence-electron chi connectivity index (χ1n) is 12.7. The monoisotopic (exact) mass is 406 g/mol. The number of nitrogens with zero attached hydrogens (tertiary/aromatic N) is 2. The maximum absolute atomic E-state index is 4.68. The van der Waals surface area contributed by atoms with E-state index >= 15 is 0 Å². The minimum atomic E-state index is 0.885. The Balaban J connectivity index is 1.41. The highest BCUT2D eigenvalue weighted by Gasteiger charge is 2.20. The highest BCUT2D eigenvalue weighted by molar-refractivity contribution is 5.61. The Hall–Kier alpha value is -1.70. The molecule has 1 saturated carbocycles. The lowest BCUT2D eigenvalue weighted by Crippen LogP contribution is -2.15. The van der Waals surface area contributed by atoms with E-state index in [1.165, 1.54) is 94.6 Å². The van der Waals surface area contributed by atoms with Crippen LogP contribution >= 0.6 is 0 Å². The van der Waals surface area contributed by atoms with Gasteiger partial charge in [0.1, 0.15) is 5.82 Å². The Bertz CT molecular complexity index is 696. The first-order chi connectivity index (χ1) is 14.8. The van der Waals surface area contributed by atoms with Gasteiger partial charge in [0.05, 0.1) is 0 Å². The molecule has 0 spiro atoms. The molecule has 0 aliphatic heterocycles. The zero-order valence-electron chi connectivity index (χ0n) is 19.4. The minimum absolute atomic E-state index is 0.885. The van der Waals surface area contributed by atoms with Gasteiger partial charge in [-0.05, 0) is 42.2 Å². The topological polar surface area (TPSA) is 25.8 Å². The van der Waals surface area contributed by atoms with Crippen LogP contribution in [0.15, 0.2) is 36.7 Å². The first kappa shape index (κ1) is 23.0. The third-order valence-electron chi connectivity index (χ3n) is 7.02. The van der Waals surface area contributed by atoms with E-state index in [9.17, 15) is 0 Å². The van der Waals surface area contributed by atoms with Crippen LogP contribution in [0.2, 0.25) is 0 Å². The summed E-state index contributed by atoms with van der Waals surface area (Å²) in [6.45, 7) is 4.56. The predicted octanol–water partition coefficient (Wildman–Crippen LogP) is 8.20. The van der Waals surface area contributed by atoms with Gasteiger partial charge in [0.2, 0.25) is 0 Å². The van der Waals surface area contributed by atoms with E-state index < -0.39 is 0 Å². The maximum Gasteiger partial charge on any atom is 0.128 e. The van der Waals surface area contributed by atoms with Crippen LogP contribution in [0.1, 0.15) is 102 Å². The molecule has 1 aliphatic carbocycles. The van der Waals surface area contributed by atoms with Gasteiger partial charge >= 0.3 is 0 Å². The van der Waals surface area contributed by atoms with E-state index in [2.05, 4.69) is 48.1 Å². The summed E-state index contributed by atoms with van der Waals surface area (Å²) in [5.41, 5.74) is 3.79. The molecule has 0 unspecified atom stereocenters. The molecule has 3 rings (SSSR count). The van der Waals surface area contributed by atoms with Gasteiger partial charge < -0.3 is 0 Å². The Kier molecular flexibility index (Phi) is 9.86. The zero-order chi connectivity index (χ0) is 21.0. The van der Waals surface area contributed by atoms with Crippen molar-refractivity contribution in [3.63, 3.8) is 0 Å².